The van der Waals surface area contributed by atoms with Gasteiger partial charge >= 0.3 is 5.97 Å². The first-order valence-electron chi connectivity index (χ1n) is 7.97. The van der Waals surface area contributed by atoms with Crippen molar-refractivity contribution in [2.75, 3.05) is 19.8 Å². The van der Waals surface area contributed by atoms with Crippen LogP contribution in [0.3, 0.4) is 0 Å². The number of carbonyl (C=O) groups is 2. The van der Waals surface area contributed by atoms with E-state index >= 15 is 0 Å². The smallest absolute Gasteiger partial charge is 0.326 e. The summed E-state index contributed by atoms with van der Waals surface area (Å²) >= 11 is 0. The van der Waals surface area contributed by atoms with Crippen LogP contribution >= 0.6 is 0 Å². The summed E-state index contributed by atoms with van der Waals surface area (Å²) in [5.74, 6) is -1.19. The van der Waals surface area contributed by atoms with Gasteiger partial charge in [0.25, 0.3) is 5.91 Å². The minimum Gasteiger partial charge on any atom is -0.480 e. The fraction of sp³-hybridized carbons (Fsp3) is 0.529. The van der Waals surface area contributed by atoms with E-state index in [1.54, 1.807) is 38.1 Å². The van der Waals surface area contributed by atoms with E-state index in [1.165, 1.54) is 12.8 Å². The summed E-state index contributed by atoms with van der Waals surface area (Å²) in [5.41, 5.74) is 0.360. The minimum atomic E-state index is -1.04. The molecule has 0 spiro atoms. The molecule has 1 amide bonds. The summed E-state index contributed by atoms with van der Waals surface area (Å²) in [7, 11) is 0. The maximum Gasteiger partial charge on any atom is 0.326 e. The van der Waals surface area contributed by atoms with Gasteiger partial charge < -0.3 is 15.2 Å². The predicted octanol–water partition coefficient (Wildman–Crippen LogP) is 1.96. The van der Waals surface area contributed by atoms with Gasteiger partial charge in [0.05, 0.1) is 5.56 Å². The van der Waals surface area contributed by atoms with E-state index < -0.39 is 17.9 Å². The number of carboxylic acids is 1. The highest BCUT2D eigenvalue weighted by Crippen LogP contribution is 2.19. The Balaban J connectivity index is 2.05. The number of carbonyl (C=O) groups excluding carboxylic acids is 1. The lowest BCUT2D eigenvalue weighted by Gasteiger charge is -2.20. The molecule has 1 aromatic carbocycles. The molecule has 1 fully saturated rings. The predicted molar refractivity (Wildman–Crippen MR) is 86.5 cm³/mol. The third kappa shape index (κ3) is 4.69. The van der Waals surface area contributed by atoms with Gasteiger partial charge in [-0.25, -0.2) is 4.79 Å². The van der Waals surface area contributed by atoms with Gasteiger partial charge in [0.2, 0.25) is 0 Å². The summed E-state index contributed by atoms with van der Waals surface area (Å²) in [4.78, 5) is 25.8. The molecule has 1 aliphatic heterocycles. The van der Waals surface area contributed by atoms with Crippen molar-refractivity contribution in [3.05, 3.63) is 29.8 Å². The molecule has 1 aromatic rings. The van der Waals surface area contributed by atoms with Gasteiger partial charge in [-0.05, 0) is 30.9 Å². The van der Waals surface area contributed by atoms with Crippen molar-refractivity contribution >= 4 is 11.9 Å². The molecular weight excluding hydrogens is 296 g/mol. The highest BCUT2D eigenvalue weighted by atomic mass is 16.5. The molecule has 0 radical (unpaired) electrons. The number of aliphatic carboxylic acids is 1. The van der Waals surface area contributed by atoms with Gasteiger partial charge in [-0.1, -0.05) is 26.0 Å². The Morgan fingerprint density at radius 2 is 1.91 bits per heavy atom. The highest BCUT2D eigenvalue weighted by molar-refractivity contribution is 5.98. The van der Waals surface area contributed by atoms with E-state index in [0.717, 1.165) is 13.1 Å². The molecule has 126 valence electrons. The largest absolute Gasteiger partial charge is 0.480 e. The molecule has 0 bridgehead atoms. The van der Waals surface area contributed by atoms with Crippen molar-refractivity contribution in [1.29, 1.82) is 0 Å². The molecule has 1 unspecified atom stereocenters. The monoisotopic (exact) mass is 320 g/mol. The van der Waals surface area contributed by atoms with Gasteiger partial charge in [-0.3, -0.25) is 9.69 Å². The first kappa shape index (κ1) is 17.3. The molecular formula is C17H24N2O4. The van der Waals surface area contributed by atoms with Crippen LogP contribution in [0.5, 0.6) is 5.75 Å². The van der Waals surface area contributed by atoms with Crippen LogP contribution < -0.4 is 10.1 Å². The Morgan fingerprint density at radius 3 is 2.52 bits per heavy atom. The van der Waals surface area contributed by atoms with Crippen LogP contribution in [0.15, 0.2) is 24.3 Å². The number of hydrogen-bond acceptors (Lipinski definition) is 4. The lowest BCUT2D eigenvalue weighted by atomic mass is 10.0. The van der Waals surface area contributed by atoms with E-state index in [4.69, 9.17) is 4.74 Å². The number of benzene rings is 1. The molecule has 0 aliphatic carbocycles. The van der Waals surface area contributed by atoms with Gasteiger partial charge in [0.1, 0.15) is 18.5 Å². The molecule has 6 heteroatoms. The average molecular weight is 320 g/mol. The molecule has 23 heavy (non-hydrogen) atoms. The minimum absolute atomic E-state index is 0.200. The van der Waals surface area contributed by atoms with Crippen molar-refractivity contribution in [3.8, 4) is 5.75 Å². The number of nitrogens with zero attached hydrogens (tertiary/aromatic N) is 1. The van der Waals surface area contributed by atoms with E-state index in [-0.39, 0.29) is 5.92 Å². The molecule has 1 atom stereocenters. The first-order valence-corrected chi connectivity index (χ1v) is 7.97. The second kappa shape index (κ2) is 7.97. The Hall–Kier alpha value is -2.08. The summed E-state index contributed by atoms with van der Waals surface area (Å²) in [6.07, 6.45) is 2.33. The van der Waals surface area contributed by atoms with E-state index in [2.05, 4.69) is 10.2 Å². The maximum absolute atomic E-state index is 12.4. The fourth-order valence-electron chi connectivity index (χ4n) is 2.59. The molecule has 1 saturated heterocycles. The molecule has 2 rings (SSSR count). The number of para-hydroxylation sites is 1. The average Bonchev–Trinajstić information content (AvgIpc) is 3.03. The Labute approximate surface area is 136 Å². The van der Waals surface area contributed by atoms with Crippen molar-refractivity contribution in [3.63, 3.8) is 0 Å². The Morgan fingerprint density at radius 1 is 1.26 bits per heavy atom. The van der Waals surface area contributed by atoms with Crippen LogP contribution in [0.1, 0.15) is 37.0 Å². The maximum atomic E-state index is 12.4. The van der Waals surface area contributed by atoms with Crippen LogP contribution in [0.25, 0.3) is 0 Å². The van der Waals surface area contributed by atoms with Crippen LogP contribution in [0, 0.1) is 5.92 Å². The quantitative estimate of drug-likeness (QED) is 0.803. The SMILES string of the molecule is CC(C)C(NC(=O)c1ccccc1OCN1CCCC1)C(=O)O. The number of ether oxygens (including phenoxy) is 1. The number of hydrogen-bond donors (Lipinski definition) is 2. The summed E-state index contributed by atoms with van der Waals surface area (Å²) < 4.78 is 5.76. The lowest BCUT2D eigenvalue weighted by Crippen LogP contribution is -2.44. The van der Waals surface area contributed by atoms with E-state index in [1.807, 2.05) is 0 Å². The summed E-state index contributed by atoms with van der Waals surface area (Å²) in [6, 6.07) is 5.99. The van der Waals surface area contributed by atoms with Gasteiger partial charge in [0, 0.05) is 13.1 Å². The topological polar surface area (TPSA) is 78.9 Å². The van der Waals surface area contributed by atoms with Crippen molar-refractivity contribution in [2.24, 2.45) is 5.92 Å². The molecule has 0 aromatic heterocycles. The summed E-state index contributed by atoms with van der Waals surface area (Å²) in [5, 5.41) is 11.8. The zero-order valence-corrected chi connectivity index (χ0v) is 13.6. The zero-order chi connectivity index (χ0) is 16.8. The van der Waals surface area contributed by atoms with Crippen molar-refractivity contribution in [2.45, 2.75) is 32.7 Å². The molecule has 1 aliphatic rings. The van der Waals surface area contributed by atoms with Crippen LogP contribution in [-0.2, 0) is 4.79 Å². The number of likely N-dealkylation sites (tertiary alicyclic amines) is 1. The van der Waals surface area contributed by atoms with Crippen LogP contribution in [-0.4, -0.2) is 47.7 Å². The van der Waals surface area contributed by atoms with E-state index in [9.17, 15) is 14.7 Å². The number of nitrogens with one attached hydrogen (secondary N) is 1. The molecule has 0 saturated carbocycles. The number of carboxylic acid groups (broad SMARTS) is 1. The van der Waals surface area contributed by atoms with Crippen molar-refractivity contribution < 1.29 is 19.4 Å². The third-order valence-electron chi connectivity index (χ3n) is 3.95. The van der Waals surface area contributed by atoms with Crippen LogP contribution in [0.2, 0.25) is 0 Å². The molecule has 1 heterocycles. The van der Waals surface area contributed by atoms with Crippen molar-refractivity contribution in [1.82, 2.24) is 10.2 Å². The van der Waals surface area contributed by atoms with Crippen LogP contribution in [0.4, 0.5) is 0 Å². The number of rotatable bonds is 7. The highest BCUT2D eigenvalue weighted by Gasteiger charge is 2.25. The number of amides is 1. The van der Waals surface area contributed by atoms with Gasteiger partial charge in [-0.15, -0.1) is 0 Å². The van der Waals surface area contributed by atoms with Gasteiger partial charge in [-0.2, -0.15) is 0 Å². The van der Waals surface area contributed by atoms with E-state index in [0.29, 0.717) is 18.0 Å². The second-order valence-electron chi connectivity index (χ2n) is 6.13. The normalized spacial score (nSPS) is 16.3. The Kier molecular flexibility index (Phi) is 5.98. The van der Waals surface area contributed by atoms with Gasteiger partial charge in [0.15, 0.2) is 0 Å². The second-order valence-corrected chi connectivity index (χ2v) is 6.13. The lowest BCUT2D eigenvalue weighted by molar-refractivity contribution is -0.140. The first-order chi connectivity index (χ1) is 11.0. The molecule has 2 N–H and O–H groups in total. The Bertz CT molecular complexity index is 553. The fourth-order valence-corrected chi connectivity index (χ4v) is 2.59. The zero-order valence-electron chi connectivity index (χ0n) is 13.6. The third-order valence-corrected chi connectivity index (χ3v) is 3.95. The standard InChI is InChI=1S/C17H24N2O4/c1-12(2)15(17(21)22)18-16(20)13-7-3-4-8-14(13)23-11-19-9-5-6-10-19/h3-4,7-8,12,15H,5-6,9-11H2,1-2H3,(H,18,20)(H,21,22). The summed E-state index contributed by atoms with van der Waals surface area (Å²) in [6.45, 7) is 5.96. The molecule has 6 nitrogen and oxygen atoms in total.